The molecule has 1 fully saturated rings. The van der Waals surface area contributed by atoms with Crippen molar-refractivity contribution in [2.75, 3.05) is 0 Å². The van der Waals surface area contributed by atoms with Crippen LogP contribution in [-0.2, 0) is 6.18 Å². The minimum Gasteiger partial charge on any atom is -0.431 e. The Hall–Kier alpha value is -2.42. The fourth-order valence-corrected chi connectivity index (χ4v) is 2.46. The molecular weight excluding hydrogens is 363 g/mol. The van der Waals surface area contributed by atoms with Gasteiger partial charge in [-0.25, -0.2) is 4.98 Å². The Morgan fingerprint density at radius 1 is 1.32 bits per heavy atom. The smallest absolute Gasteiger partial charge is 0.431 e. The predicted octanol–water partition coefficient (Wildman–Crippen LogP) is 5.04. The van der Waals surface area contributed by atoms with Gasteiger partial charge in [-0.1, -0.05) is 11.6 Å². The van der Waals surface area contributed by atoms with Crippen molar-refractivity contribution in [2.24, 2.45) is 0 Å². The zero-order valence-corrected chi connectivity index (χ0v) is 13.6. The van der Waals surface area contributed by atoms with E-state index in [4.69, 9.17) is 16.3 Å². The summed E-state index contributed by atoms with van der Waals surface area (Å²) in [5.74, 6) is -0.508. The Labute approximate surface area is 144 Å². The normalized spacial score (nSPS) is 14.4. The highest BCUT2D eigenvalue weighted by atomic mass is 35.5. The molecule has 2 aromatic rings. The average molecular weight is 374 g/mol. The summed E-state index contributed by atoms with van der Waals surface area (Å²) in [7, 11) is 0. The molecule has 0 spiro atoms. The molecule has 2 heterocycles. The SMILES string of the molecule is Cc1cc(C(F)(F)F)nc(C2CC2)c1Oc1nc(Cl)ccc1[N+](=O)[O-]. The maximum Gasteiger partial charge on any atom is 0.433 e. The molecule has 2 aromatic heterocycles. The second-order valence-corrected chi connectivity index (χ2v) is 6.02. The van der Waals surface area contributed by atoms with Gasteiger partial charge in [0.1, 0.15) is 10.8 Å². The summed E-state index contributed by atoms with van der Waals surface area (Å²) in [5, 5.41) is 11.1. The van der Waals surface area contributed by atoms with E-state index in [1.807, 2.05) is 0 Å². The van der Waals surface area contributed by atoms with Gasteiger partial charge in [0.25, 0.3) is 0 Å². The van der Waals surface area contributed by atoms with Crippen LogP contribution in [0, 0.1) is 17.0 Å². The third-order valence-corrected chi connectivity index (χ3v) is 3.85. The number of halogens is 4. The molecule has 0 radical (unpaired) electrons. The maximum atomic E-state index is 13.0. The predicted molar refractivity (Wildman–Crippen MR) is 81.9 cm³/mol. The maximum absolute atomic E-state index is 13.0. The Balaban J connectivity index is 2.09. The molecule has 0 N–H and O–H groups in total. The van der Waals surface area contributed by atoms with E-state index in [9.17, 15) is 23.3 Å². The van der Waals surface area contributed by atoms with Crippen LogP contribution in [0.3, 0.4) is 0 Å². The van der Waals surface area contributed by atoms with Crippen molar-refractivity contribution >= 4 is 17.3 Å². The molecule has 0 saturated heterocycles. The van der Waals surface area contributed by atoms with Gasteiger partial charge >= 0.3 is 17.7 Å². The van der Waals surface area contributed by atoms with Crippen LogP contribution in [-0.4, -0.2) is 14.9 Å². The molecule has 0 atom stereocenters. The van der Waals surface area contributed by atoms with Gasteiger partial charge in [-0.3, -0.25) is 10.1 Å². The lowest BCUT2D eigenvalue weighted by Gasteiger charge is -2.15. The van der Waals surface area contributed by atoms with E-state index in [1.54, 1.807) is 0 Å². The topological polar surface area (TPSA) is 78.2 Å². The summed E-state index contributed by atoms with van der Waals surface area (Å²) >= 11 is 5.75. The van der Waals surface area contributed by atoms with Crippen LogP contribution in [0.1, 0.15) is 35.7 Å². The van der Waals surface area contributed by atoms with Crippen LogP contribution in [0.15, 0.2) is 18.2 Å². The molecule has 0 bridgehead atoms. The number of aromatic nitrogens is 2. The number of hydrogen-bond donors (Lipinski definition) is 0. The largest absolute Gasteiger partial charge is 0.433 e. The Morgan fingerprint density at radius 2 is 2.00 bits per heavy atom. The first-order valence-corrected chi connectivity index (χ1v) is 7.62. The molecular formula is C15H11ClF3N3O3. The first kappa shape index (κ1) is 17.4. The summed E-state index contributed by atoms with van der Waals surface area (Å²) in [4.78, 5) is 17.9. The van der Waals surface area contributed by atoms with Crippen molar-refractivity contribution in [3.8, 4) is 11.6 Å². The molecule has 1 saturated carbocycles. The number of pyridine rings is 2. The molecule has 10 heteroatoms. The molecule has 132 valence electrons. The lowest BCUT2D eigenvalue weighted by Crippen LogP contribution is -2.11. The zero-order valence-electron chi connectivity index (χ0n) is 12.8. The lowest BCUT2D eigenvalue weighted by atomic mass is 10.1. The summed E-state index contributed by atoms with van der Waals surface area (Å²) in [6, 6.07) is 3.19. The molecule has 1 aliphatic rings. The van der Waals surface area contributed by atoms with E-state index in [1.165, 1.54) is 13.0 Å². The summed E-state index contributed by atoms with van der Waals surface area (Å²) in [5.41, 5.74) is -1.16. The van der Waals surface area contributed by atoms with Crippen LogP contribution in [0.2, 0.25) is 5.15 Å². The standard InChI is InChI=1S/C15H11ClF3N3O3/c1-7-6-10(15(17,18)19)20-12(8-2-3-8)13(7)25-14-9(22(23)24)4-5-11(16)21-14/h4-6,8H,2-3H2,1H3. The molecule has 3 rings (SSSR count). The van der Waals surface area contributed by atoms with Gasteiger partial charge in [0.15, 0.2) is 5.75 Å². The van der Waals surface area contributed by atoms with Gasteiger partial charge in [0.05, 0.1) is 10.6 Å². The summed E-state index contributed by atoms with van der Waals surface area (Å²) < 4.78 is 44.5. The highest BCUT2D eigenvalue weighted by Crippen LogP contribution is 2.47. The van der Waals surface area contributed by atoms with E-state index in [0.717, 1.165) is 12.1 Å². The minimum absolute atomic E-state index is 0.0360. The lowest BCUT2D eigenvalue weighted by molar-refractivity contribution is -0.386. The van der Waals surface area contributed by atoms with Crippen LogP contribution < -0.4 is 4.74 Å². The number of alkyl halides is 3. The Morgan fingerprint density at radius 3 is 2.56 bits per heavy atom. The number of aryl methyl sites for hydroxylation is 1. The molecule has 0 aliphatic heterocycles. The molecule has 0 aromatic carbocycles. The van der Waals surface area contributed by atoms with Crippen molar-refractivity contribution in [1.82, 2.24) is 9.97 Å². The first-order chi connectivity index (χ1) is 11.7. The Bertz CT molecular complexity index is 854. The van der Waals surface area contributed by atoms with Gasteiger partial charge < -0.3 is 4.74 Å². The third-order valence-electron chi connectivity index (χ3n) is 3.64. The molecule has 6 nitrogen and oxygen atoms in total. The number of rotatable bonds is 4. The fourth-order valence-electron chi connectivity index (χ4n) is 2.32. The first-order valence-electron chi connectivity index (χ1n) is 7.24. The van der Waals surface area contributed by atoms with Crippen LogP contribution >= 0.6 is 11.6 Å². The van der Waals surface area contributed by atoms with E-state index in [0.29, 0.717) is 12.8 Å². The van der Waals surface area contributed by atoms with Crippen LogP contribution in [0.4, 0.5) is 18.9 Å². The minimum atomic E-state index is -4.59. The molecule has 0 unspecified atom stereocenters. The molecule has 25 heavy (non-hydrogen) atoms. The number of ether oxygens (including phenoxy) is 1. The number of nitro groups is 1. The monoisotopic (exact) mass is 373 g/mol. The molecule has 1 aliphatic carbocycles. The average Bonchev–Trinajstić information content (AvgIpc) is 3.32. The van der Waals surface area contributed by atoms with Crippen molar-refractivity contribution in [1.29, 1.82) is 0 Å². The van der Waals surface area contributed by atoms with Crippen molar-refractivity contribution < 1.29 is 22.8 Å². The van der Waals surface area contributed by atoms with Gasteiger partial charge in [-0.05, 0) is 37.5 Å². The zero-order chi connectivity index (χ0) is 18.4. The summed E-state index contributed by atoms with van der Waals surface area (Å²) in [6.07, 6.45) is -3.24. The van der Waals surface area contributed by atoms with Crippen molar-refractivity contribution in [2.45, 2.75) is 31.9 Å². The second-order valence-electron chi connectivity index (χ2n) is 5.63. The quantitative estimate of drug-likeness (QED) is 0.426. The van der Waals surface area contributed by atoms with E-state index < -0.39 is 22.5 Å². The van der Waals surface area contributed by atoms with Gasteiger partial charge in [0, 0.05) is 12.0 Å². The highest BCUT2D eigenvalue weighted by molar-refractivity contribution is 6.29. The van der Waals surface area contributed by atoms with Crippen molar-refractivity contribution in [3.63, 3.8) is 0 Å². The molecule has 0 amide bonds. The third kappa shape index (κ3) is 3.65. The van der Waals surface area contributed by atoms with Gasteiger partial charge in [-0.2, -0.15) is 18.2 Å². The van der Waals surface area contributed by atoms with E-state index in [-0.39, 0.29) is 34.0 Å². The van der Waals surface area contributed by atoms with Crippen LogP contribution in [0.5, 0.6) is 11.6 Å². The Kier molecular flexibility index (Phi) is 4.28. The number of nitrogens with zero attached hydrogens (tertiary/aromatic N) is 3. The van der Waals surface area contributed by atoms with Gasteiger partial charge in [-0.15, -0.1) is 0 Å². The van der Waals surface area contributed by atoms with E-state index >= 15 is 0 Å². The highest BCUT2D eigenvalue weighted by Gasteiger charge is 2.37. The van der Waals surface area contributed by atoms with Crippen molar-refractivity contribution in [3.05, 3.63) is 50.4 Å². The fraction of sp³-hybridized carbons (Fsp3) is 0.333. The van der Waals surface area contributed by atoms with Gasteiger partial charge in [0.2, 0.25) is 0 Å². The van der Waals surface area contributed by atoms with E-state index in [2.05, 4.69) is 9.97 Å². The summed E-state index contributed by atoms with van der Waals surface area (Å²) in [6.45, 7) is 1.43. The van der Waals surface area contributed by atoms with Crippen LogP contribution in [0.25, 0.3) is 0 Å². The number of hydrogen-bond acceptors (Lipinski definition) is 5. The second kappa shape index (κ2) is 6.14.